The molecule has 0 unspecified atom stereocenters. The van der Waals surface area contributed by atoms with E-state index in [4.69, 9.17) is 16.3 Å². The number of ether oxygens (including phenoxy) is 1. The first kappa shape index (κ1) is 24.9. The van der Waals surface area contributed by atoms with Crippen LogP contribution in [0.15, 0.2) is 35.5 Å². The van der Waals surface area contributed by atoms with E-state index in [0.717, 1.165) is 18.0 Å². The van der Waals surface area contributed by atoms with E-state index in [1.807, 2.05) is 6.07 Å². The number of amides is 1. The fourth-order valence-electron chi connectivity index (χ4n) is 3.83. The molecule has 1 saturated heterocycles. The predicted octanol–water partition coefficient (Wildman–Crippen LogP) is 2.68. The molecule has 3 aromatic rings. The van der Waals surface area contributed by atoms with E-state index in [1.54, 1.807) is 22.1 Å². The first-order chi connectivity index (χ1) is 16.7. The Kier molecular flexibility index (Phi) is 7.51. The number of rotatable bonds is 7. The summed E-state index contributed by atoms with van der Waals surface area (Å²) in [7, 11) is 0. The van der Waals surface area contributed by atoms with Gasteiger partial charge in [0, 0.05) is 44.0 Å². The molecule has 35 heavy (non-hydrogen) atoms. The Balaban J connectivity index is 1.20. The molecular formula is C22H22ClF3N6O3. The third-order valence-electron chi connectivity index (χ3n) is 5.73. The molecule has 4 rings (SSSR count). The summed E-state index contributed by atoms with van der Waals surface area (Å²) in [6, 6.07) is 3.48. The number of hydrogen-bond donors (Lipinski definition) is 1. The Morgan fingerprint density at radius 1 is 1.09 bits per heavy atom. The van der Waals surface area contributed by atoms with Crippen LogP contribution in [0.4, 0.5) is 19.1 Å². The van der Waals surface area contributed by atoms with Crippen LogP contribution in [0.2, 0.25) is 5.02 Å². The number of hydrogen-bond acceptors (Lipinski definition) is 7. The van der Waals surface area contributed by atoms with Crippen LogP contribution in [-0.4, -0.2) is 70.4 Å². The molecule has 1 aliphatic rings. The Morgan fingerprint density at radius 2 is 1.80 bits per heavy atom. The largest absolute Gasteiger partial charge is 0.419 e. The number of nitrogens with zero attached hydrogens (tertiary/aromatic N) is 5. The molecule has 2 aromatic heterocycles. The van der Waals surface area contributed by atoms with Gasteiger partial charge in [0.05, 0.1) is 41.8 Å². The number of piperazine rings is 1. The van der Waals surface area contributed by atoms with Gasteiger partial charge in [-0.1, -0.05) is 17.7 Å². The molecular weight excluding hydrogens is 489 g/mol. The number of H-pyrrole nitrogens is 1. The first-order valence-corrected chi connectivity index (χ1v) is 11.3. The highest BCUT2D eigenvalue weighted by atomic mass is 35.5. The van der Waals surface area contributed by atoms with Gasteiger partial charge in [-0.05, 0) is 18.1 Å². The molecule has 1 amide bonds. The van der Waals surface area contributed by atoms with Crippen LogP contribution >= 0.6 is 11.6 Å². The van der Waals surface area contributed by atoms with Crippen LogP contribution in [0.25, 0.3) is 10.8 Å². The van der Waals surface area contributed by atoms with Crippen LogP contribution in [-0.2, 0) is 22.1 Å². The fourth-order valence-corrected chi connectivity index (χ4v) is 4.08. The quantitative estimate of drug-likeness (QED) is 0.487. The molecule has 1 aliphatic heterocycles. The molecule has 1 N–H and O–H groups in total. The van der Waals surface area contributed by atoms with Crippen molar-refractivity contribution in [2.24, 2.45) is 0 Å². The van der Waals surface area contributed by atoms with Gasteiger partial charge in [-0.25, -0.2) is 15.1 Å². The summed E-state index contributed by atoms with van der Waals surface area (Å²) in [5.41, 5.74) is -0.383. The SMILES string of the molecule is O=C(CCOCCc1ccc(Cl)c2c(=O)[nH]ncc12)N1CCN(c2ncc(C(F)(F)F)cn2)CC1. The number of aromatic amines is 1. The van der Waals surface area contributed by atoms with Crippen molar-refractivity contribution >= 4 is 34.2 Å². The minimum atomic E-state index is -4.48. The molecule has 1 fully saturated rings. The summed E-state index contributed by atoms with van der Waals surface area (Å²) in [4.78, 5) is 35.5. The van der Waals surface area contributed by atoms with Gasteiger partial charge in [-0.3, -0.25) is 9.59 Å². The third kappa shape index (κ3) is 5.88. The molecule has 0 radical (unpaired) electrons. The summed E-state index contributed by atoms with van der Waals surface area (Å²) in [5, 5.41) is 7.59. The van der Waals surface area contributed by atoms with Crippen molar-refractivity contribution in [3.63, 3.8) is 0 Å². The van der Waals surface area contributed by atoms with Crippen LogP contribution in [0, 0.1) is 0 Å². The van der Waals surface area contributed by atoms with Crippen molar-refractivity contribution < 1.29 is 22.7 Å². The van der Waals surface area contributed by atoms with Gasteiger partial charge >= 0.3 is 6.18 Å². The second-order valence-electron chi connectivity index (χ2n) is 7.94. The predicted molar refractivity (Wildman–Crippen MR) is 122 cm³/mol. The maximum absolute atomic E-state index is 12.7. The first-order valence-electron chi connectivity index (χ1n) is 10.9. The number of aromatic nitrogens is 4. The van der Waals surface area contributed by atoms with E-state index in [0.29, 0.717) is 55.0 Å². The van der Waals surface area contributed by atoms with Crippen molar-refractivity contribution in [2.75, 3.05) is 44.3 Å². The summed E-state index contributed by atoms with van der Waals surface area (Å²) in [6.07, 6.45) is -0.670. The topological polar surface area (TPSA) is 104 Å². The molecule has 0 atom stereocenters. The van der Waals surface area contributed by atoms with E-state index in [9.17, 15) is 22.8 Å². The van der Waals surface area contributed by atoms with Crippen LogP contribution in [0.5, 0.6) is 0 Å². The lowest BCUT2D eigenvalue weighted by molar-refractivity contribution is -0.138. The monoisotopic (exact) mass is 510 g/mol. The molecule has 9 nitrogen and oxygen atoms in total. The highest BCUT2D eigenvalue weighted by molar-refractivity contribution is 6.35. The van der Waals surface area contributed by atoms with E-state index >= 15 is 0 Å². The van der Waals surface area contributed by atoms with E-state index in [2.05, 4.69) is 20.2 Å². The average molecular weight is 511 g/mol. The highest BCUT2D eigenvalue weighted by Crippen LogP contribution is 2.28. The van der Waals surface area contributed by atoms with Crippen LogP contribution in [0.1, 0.15) is 17.5 Å². The van der Waals surface area contributed by atoms with Gasteiger partial charge < -0.3 is 14.5 Å². The standard InChI is InChI=1S/C22H22ClF3N6O3/c23-17-2-1-14(16-13-29-30-20(34)19(16)17)3-9-35-10-4-18(33)31-5-7-32(8-6-31)21-27-11-15(12-28-21)22(24,25)26/h1-2,11-13H,3-10H2,(H,30,34). The summed E-state index contributed by atoms with van der Waals surface area (Å²) in [6.45, 7) is 2.29. The van der Waals surface area contributed by atoms with Crippen molar-refractivity contribution in [3.05, 3.63) is 57.2 Å². The molecule has 186 valence electrons. The Labute approximate surface area is 202 Å². The minimum Gasteiger partial charge on any atom is -0.381 e. The number of carbonyl (C=O) groups excluding carboxylic acids is 1. The number of alkyl halides is 3. The number of fused-ring (bicyclic) bond motifs is 1. The van der Waals surface area contributed by atoms with Gasteiger partial charge in [0.1, 0.15) is 0 Å². The zero-order valence-corrected chi connectivity index (χ0v) is 19.3. The minimum absolute atomic E-state index is 0.0642. The van der Waals surface area contributed by atoms with Crippen molar-refractivity contribution in [3.8, 4) is 0 Å². The van der Waals surface area contributed by atoms with Crippen molar-refractivity contribution in [2.45, 2.75) is 19.0 Å². The fraction of sp³-hybridized carbons (Fsp3) is 0.409. The average Bonchev–Trinajstić information content (AvgIpc) is 2.84. The lowest BCUT2D eigenvalue weighted by atomic mass is 10.1. The Morgan fingerprint density at radius 3 is 2.49 bits per heavy atom. The summed E-state index contributed by atoms with van der Waals surface area (Å²) < 4.78 is 43.6. The molecule has 1 aromatic carbocycles. The number of benzene rings is 1. The van der Waals surface area contributed by atoms with E-state index in [-0.39, 0.29) is 30.4 Å². The maximum atomic E-state index is 12.7. The van der Waals surface area contributed by atoms with Crippen molar-refractivity contribution in [1.29, 1.82) is 0 Å². The lowest BCUT2D eigenvalue weighted by Gasteiger charge is -2.34. The molecule has 13 heteroatoms. The smallest absolute Gasteiger partial charge is 0.381 e. The summed E-state index contributed by atoms with van der Waals surface area (Å²) in [5.74, 6) is 0.144. The number of nitrogens with one attached hydrogen (secondary N) is 1. The zero-order chi connectivity index (χ0) is 25.0. The molecule has 0 spiro atoms. The van der Waals surface area contributed by atoms with Gasteiger partial charge in [0.2, 0.25) is 11.9 Å². The maximum Gasteiger partial charge on any atom is 0.419 e. The lowest BCUT2D eigenvalue weighted by Crippen LogP contribution is -2.49. The van der Waals surface area contributed by atoms with Crippen LogP contribution < -0.4 is 10.5 Å². The molecule has 0 bridgehead atoms. The normalized spacial score (nSPS) is 14.5. The number of carbonyl (C=O) groups is 1. The zero-order valence-electron chi connectivity index (χ0n) is 18.5. The second kappa shape index (κ2) is 10.6. The van der Waals surface area contributed by atoms with Gasteiger partial charge in [-0.2, -0.15) is 18.3 Å². The summed E-state index contributed by atoms with van der Waals surface area (Å²) >= 11 is 6.12. The van der Waals surface area contributed by atoms with Crippen LogP contribution in [0.3, 0.4) is 0 Å². The number of halogens is 4. The molecule has 0 aliphatic carbocycles. The van der Waals surface area contributed by atoms with Crippen molar-refractivity contribution in [1.82, 2.24) is 25.1 Å². The van der Waals surface area contributed by atoms with Gasteiger partial charge in [0.15, 0.2) is 0 Å². The molecule has 0 saturated carbocycles. The number of anilines is 1. The highest BCUT2D eigenvalue weighted by Gasteiger charge is 2.32. The van der Waals surface area contributed by atoms with Gasteiger partial charge in [0.25, 0.3) is 5.56 Å². The van der Waals surface area contributed by atoms with E-state index < -0.39 is 11.7 Å². The third-order valence-corrected chi connectivity index (χ3v) is 6.04. The van der Waals surface area contributed by atoms with Gasteiger partial charge in [-0.15, -0.1) is 0 Å². The van der Waals surface area contributed by atoms with E-state index in [1.165, 1.54) is 0 Å². The Hall–Kier alpha value is -3.25. The molecule has 3 heterocycles. The second-order valence-corrected chi connectivity index (χ2v) is 8.35. The Bertz CT molecular complexity index is 1240.